The van der Waals surface area contributed by atoms with E-state index in [4.69, 9.17) is 0 Å². The predicted molar refractivity (Wildman–Crippen MR) is 89.8 cm³/mol. The summed E-state index contributed by atoms with van der Waals surface area (Å²) >= 11 is 1.12. The number of carbonyl (C=O) groups is 2. The van der Waals surface area contributed by atoms with Gasteiger partial charge in [-0.25, -0.2) is 14.6 Å². The Morgan fingerprint density at radius 3 is 2.64 bits per heavy atom. The molecule has 0 radical (unpaired) electrons. The first-order chi connectivity index (χ1) is 12.0. The number of hydrogen-bond acceptors (Lipinski definition) is 8. The van der Waals surface area contributed by atoms with Crippen LogP contribution in [-0.2, 0) is 0 Å². The lowest BCUT2D eigenvalue weighted by molar-refractivity contribution is 0.0831. The zero-order chi connectivity index (χ0) is 18.0. The summed E-state index contributed by atoms with van der Waals surface area (Å²) in [6.07, 6.45) is 2.85. The summed E-state index contributed by atoms with van der Waals surface area (Å²) in [5.74, 6) is -0.180. The quantitative estimate of drug-likeness (QED) is 0.732. The maximum absolute atomic E-state index is 12.3. The monoisotopic (exact) mass is 358 g/mol. The molecule has 0 bridgehead atoms. The summed E-state index contributed by atoms with van der Waals surface area (Å²) in [5.41, 5.74) is 0.684. The molecule has 25 heavy (non-hydrogen) atoms. The molecule has 128 valence electrons. The Morgan fingerprint density at radius 2 is 2.04 bits per heavy atom. The zero-order valence-electron chi connectivity index (χ0n) is 13.7. The third-order valence-corrected chi connectivity index (χ3v) is 4.21. The Kier molecular flexibility index (Phi) is 4.48. The molecule has 0 atom stereocenters. The predicted octanol–water partition coefficient (Wildman–Crippen LogP) is 0.776. The van der Waals surface area contributed by atoms with Crippen LogP contribution in [0.4, 0.5) is 5.13 Å². The Bertz CT molecular complexity index is 902. The van der Waals surface area contributed by atoms with E-state index in [1.807, 2.05) is 0 Å². The van der Waals surface area contributed by atoms with Crippen molar-refractivity contribution in [3.8, 4) is 5.82 Å². The van der Waals surface area contributed by atoms with E-state index >= 15 is 0 Å². The van der Waals surface area contributed by atoms with Gasteiger partial charge in [0.25, 0.3) is 11.8 Å². The van der Waals surface area contributed by atoms with Crippen molar-refractivity contribution in [2.45, 2.75) is 6.92 Å². The van der Waals surface area contributed by atoms with Gasteiger partial charge in [0.15, 0.2) is 16.6 Å². The zero-order valence-corrected chi connectivity index (χ0v) is 14.5. The van der Waals surface area contributed by atoms with Crippen molar-refractivity contribution < 1.29 is 9.59 Å². The van der Waals surface area contributed by atoms with Gasteiger partial charge in [0.1, 0.15) is 17.5 Å². The number of hydrogen-bond donors (Lipinski definition) is 1. The highest BCUT2D eigenvalue weighted by Crippen LogP contribution is 2.23. The number of aromatic nitrogens is 6. The molecule has 0 unspecified atom stereocenters. The van der Waals surface area contributed by atoms with Gasteiger partial charge in [0, 0.05) is 14.1 Å². The molecule has 3 aromatic rings. The first kappa shape index (κ1) is 16.6. The lowest BCUT2D eigenvalue weighted by atomic mass is 10.3. The minimum atomic E-state index is -0.463. The van der Waals surface area contributed by atoms with Gasteiger partial charge in [-0.15, -0.1) is 10.2 Å². The Hall–Kier alpha value is -3.21. The molecule has 0 aliphatic rings. The van der Waals surface area contributed by atoms with Crippen LogP contribution >= 0.6 is 11.3 Å². The summed E-state index contributed by atoms with van der Waals surface area (Å²) in [4.78, 5) is 34.3. The standard InChI is InChI=1S/C14H14N8O2S/c1-8-11(13(24)21(2)3)25-14(17-8)18-12(23)9-4-5-10(20-19-9)22-7-15-6-16-22/h4-7H,1-3H3,(H,17,18,23). The van der Waals surface area contributed by atoms with E-state index in [1.54, 1.807) is 27.1 Å². The maximum atomic E-state index is 12.3. The van der Waals surface area contributed by atoms with Crippen LogP contribution in [0, 0.1) is 6.92 Å². The van der Waals surface area contributed by atoms with Gasteiger partial charge in [-0.2, -0.15) is 5.10 Å². The van der Waals surface area contributed by atoms with Crippen molar-refractivity contribution >= 4 is 28.3 Å². The molecule has 1 N–H and O–H groups in total. The third kappa shape index (κ3) is 3.50. The summed E-state index contributed by atoms with van der Waals surface area (Å²) in [6.45, 7) is 1.72. The molecule has 0 aliphatic carbocycles. The van der Waals surface area contributed by atoms with Gasteiger partial charge in [0.2, 0.25) is 0 Å². The van der Waals surface area contributed by atoms with Gasteiger partial charge in [-0.3, -0.25) is 14.9 Å². The second-order valence-electron chi connectivity index (χ2n) is 5.20. The molecule has 2 amide bonds. The highest BCUT2D eigenvalue weighted by Gasteiger charge is 2.19. The minimum Gasteiger partial charge on any atom is -0.344 e. The summed E-state index contributed by atoms with van der Waals surface area (Å²) < 4.78 is 1.43. The van der Waals surface area contributed by atoms with E-state index in [0.717, 1.165) is 11.3 Å². The van der Waals surface area contributed by atoms with Gasteiger partial charge >= 0.3 is 0 Å². The topological polar surface area (TPSA) is 119 Å². The maximum Gasteiger partial charge on any atom is 0.277 e. The lowest BCUT2D eigenvalue weighted by Gasteiger charge is -2.07. The number of amides is 2. The highest BCUT2D eigenvalue weighted by atomic mass is 32.1. The molecule has 0 aliphatic heterocycles. The van der Waals surface area contributed by atoms with Crippen LogP contribution in [0.3, 0.4) is 0 Å². The average molecular weight is 358 g/mol. The fourth-order valence-corrected chi connectivity index (χ4v) is 2.89. The lowest BCUT2D eigenvalue weighted by Crippen LogP contribution is -2.21. The fourth-order valence-electron chi connectivity index (χ4n) is 1.91. The van der Waals surface area contributed by atoms with E-state index in [0.29, 0.717) is 21.5 Å². The van der Waals surface area contributed by atoms with E-state index < -0.39 is 5.91 Å². The van der Waals surface area contributed by atoms with Crippen LogP contribution < -0.4 is 5.32 Å². The summed E-state index contributed by atoms with van der Waals surface area (Å²) in [6, 6.07) is 3.12. The van der Waals surface area contributed by atoms with Crippen LogP contribution in [0.2, 0.25) is 0 Å². The molecule has 0 saturated carbocycles. The van der Waals surface area contributed by atoms with Crippen LogP contribution in [-0.4, -0.2) is 60.8 Å². The Labute approximate surface area is 146 Å². The molecule has 0 fully saturated rings. The van der Waals surface area contributed by atoms with Gasteiger partial charge in [-0.1, -0.05) is 11.3 Å². The van der Waals surface area contributed by atoms with Crippen molar-refractivity contribution in [3.63, 3.8) is 0 Å². The first-order valence-corrected chi connectivity index (χ1v) is 7.96. The van der Waals surface area contributed by atoms with Crippen molar-refractivity contribution in [1.82, 2.24) is 34.8 Å². The van der Waals surface area contributed by atoms with E-state index in [1.165, 1.54) is 28.3 Å². The van der Waals surface area contributed by atoms with Gasteiger partial charge in [-0.05, 0) is 19.1 Å². The van der Waals surface area contributed by atoms with Crippen LogP contribution in [0.5, 0.6) is 0 Å². The average Bonchev–Trinajstić information content (AvgIpc) is 3.24. The molecule has 10 nitrogen and oxygen atoms in total. The van der Waals surface area contributed by atoms with Gasteiger partial charge < -0.3 is 4.90 Å². The molecule has 0 spiro atoms. The van der Waals surface area contributed by atoms with Gasteiger partial charge in [0.05, 0.1) is 5.69 Å². The molecule has 3 rings (SSSR count). The molecule has 11 heteroatoms. The fraction of sp³-hybridized carbons (Fsp3) is 0.214. The highest BCUT2D eigenvalue weighted by molar-refractivity contribution is 7.17. The number of thiazole rings is 1. The number of carbonyl (C=O) groups excluding carboxylic acids is 2. The number of nitrogens with one attached hydrogen (secondary N) is 1. The van der Waals surface area contributed by atoms with Crippen molar-refractivity contribution in [3.05, 3.63) is 41.1 Å². The molecule has 0 aromatic carbocycles. The van der Waals surface area contributed by atoms with Crippen molar-refractivity contribution in [1.29, 1.82) is 0 Å². The molecule has 0 saturated heterocycles. The number of rotatable bonds is 4. The summed E-state index contributed by atoms with van der Waals surface area (Å²) in [7, 11) is 3.32. The largest absolute Gasteiger partial charge is 0.344 e. The van der Waals surface area contributed by atoms with Crippen LogP contribution in [0.15, 0.2) is 24.8 Å². The molecule has 3 heterocycles. The normalized spacial score (nSPS) is 10.5. The van der Waals surface area contributed by atoms with E-state index in [2.05, 4.69) is 30.6 Å². The second-order valence-corrected chi connectivity index (χ2v) is 6.20. The minimum absolute atomic E-state index is 0.122. The van der Waals surface area contributed by atoms with Crippen molar-refractivity contribution in [2.75, 3.05) is 19.4 Å². The SMILES string of the molecule is Cc1nc(NC(=O)c2ccc(-n3cncn3)nn2)sc1C(=O)N(C)C. The second kappa shape index (κ2) is 6.73. The smallest absolute Gasteiger partial charge is 0.277 e. The molecular formula is C14H14N8O2S. The number of aryl methyl sites for hydroxylation is 1. The summed E-state index contributed by atoms with van der Waals surface area (Å²) in [5, 5.41) is 14.7. The first-order valence-electron chi connectivity index (χ1n) is 7.15. The van der Waals surface area contributed by atoms with Crippen molar-refractivity contribution in [2.24, 2.45) is 0 Å². The van der Waals surface area contributed by atoms with E-state index in [9.17, 15) is 9.59 Å². The van der Waals surface area contributed by atoms with E-state index in [-0.39, 0.29) is 11.6 Å². The Morgan fingerprint density at radius 1 is 1.24 bits per heavy atom. The Balaban J connectivity index is 1.74. The molecular weight excluding hydrogens is 344 g/mol. The number of anilines is 1. The van der Waals surface area contributed by atoms with Crippen LogP contribution in [0.1, 0.15) is 25.9 Å². The number of nitrogens with zero attached hydrogens (tertiary/aromatic N) is 7. The molecule has 3 aromatic heterocycles. The third-order valence-electron chi connectivity index (χ3n) is 3.15. The van der Waals surface area contributed by atoms with Crippen LogP contribution in [0.25, 0.3) is 5.82 Å².